The molecule has 3 nitrogen and oxygen atoms in total. The SMILES string of the molecule is OCCN(CCNC1CCC1)C1CCC1. The fourth-order valence-electron chi connectivity index (χ4n) is 2.38. The normalized spacial score (nSPS) is 22.8. The van der Waals surface area contributed by atoms with Gasteiger partial charge in [-0.05, 0) is 25.7 Å². The van der Waals surface area contributed by atoms with Crippen LogP contribution in [-0.4, -0.2) is 48.3 Å². The molecule has 0 atom stereocenters. The number of rotatable bonds is 7. The summed E-state index contributed by atoms with van der Waals surface area (Å²) in [6, 6.07) is 1.56. The molecule has 2 N–H and O–H groups in total. The van der Waals surface area contributed by atoms with Gasteiger partial charge in [-0.3, -0.25) is 4.90 Å². The van der Waals surface area contributed by atoms with Crippen molar-refractivity contribution >= 4 is 0 Å². The maximum absolute atomic E-state index is 9.01. The maximum atomic E-state index is 9.01. The average Bonchev–Trinajstić information content (AvgIpc) is 2.06. The van der Waals surface area contributed by atoms with Crippen LogP contribution in [0.1, 0.15) is 38.5 Å². The Hall–Kier alpha value is -0.120. The highest BCUT2D eigenvalue weighted by Crippen LogP contribution is 2.24. The fraction of sp³-hybridized carbons (Fsp3) is 1.00. The highest BCUT2D eigenvalue weighted by Gasteiger charge is 2.24. The number of nitrogens with zero attached hydrogens (tertiary/aromatic N) is 1. The smallest absolute Gasteiger partial charge is 0.0558 e. The largest absolute Gasteiger partial charge is 0.395 e. The van der Waals surface area contributed by atoms with Crippen molar-refractivity contribution in [3.63, 3.8) is 0 Å². The van der Waals surface area contributed by atoms with Crippen LogP contribution in [0.2, 0.25) is 0 Å². The summed E-state index contributed by atoms with van der Waals surface area (Å²) < 4.78 is 0. The van der Waals surface area contributed by atoms with E-state index in [0.717, 1.165) is 31.7 Å². The third-order valence-electron chi connectivity index (χ3n) is 3.92. The first-order valence-corrected chi connectivity index (χ1v) is 6.48. The van der Waals surface area contributed by atoms with Gasteiger partial charge in [-0.15, -0.1) is 0 Å². The maximum Gasteiger partial charge on any atom is 0.0558 e. The predicted molar refractivity (Wildman–Crippen MR) is 61.9 cm³/mol. The van der Waals surface area contributed by atoms with Crippen LogP contribution in [0.4, 0.5) is 0 Å². The minimum atomic E-state index is 0.305. The van der Waals surface area contributed by atoms with Crippen LogP contribution in [-0.2, 0) is 0 Å². The lowest BCUT2D eigenvalue weighted by Gasteiger charge is -2.38. The second-order valence-corrected chi connectivity index (χ2v) is 4.93. The van der Waals surface area contributed by atoms with Crippen molar-refractivity contribution in [2.45, 2.75) is 50.6 Å². The molecule has 0 spiro atoms. The van der Waals surface area contributed by atoms with Gasteiger partial charge in [0.2, 0.25) is 0 Å². The molecule has 0 saturated heterocycles. The van der Waals surface area contributed by atoms with Gasteiger partial charge >= 0.3 is 0 Å². The molecule has 0 unspecified atom stereocenters. The molecule has 0 bridgehead atoms. The van der Waals surface area contributed by atoms with Crippen LogP contribution in [0, 0.1) is 0 Å². The Balaban J connectivity index is 1.59. The van der Waals surface area contributed by atoms with Gasteiger partial charge in [-0.25, -0.2) is 0 Å². The van der Waals surface area contributed by atoms with Gasteiger partial charge < -0.3 is 10.4 Å². The van der Waals surface area contributed by atoms with Crippen LogP contribution in [0.15, 0.2) is 0 Å². The quantitative estimate of drug-likeness (QED) is 0.660. The summed E-state index contributed by atoms with van der Waals surface area (Å²) in [6.07, 6.45) is 8.18. The minimum Gasteiger partial charge on any atom is -0.395 e. The average molecular weight is 212 g/mol. The number of hydrogen-bond donors (Lipinski definition) is 2. The first-order chi connectivity index (χ1) is 7.40. The zero-order valence-corrected chi connectivity index (χ0v) is 9.62. The van der Waals surface area contributed by atoms with Gasteiger partial charge in [-0.2, -0.15) is 0 Å². The van der Waals surface area contributed by atoms with Crippen LogP contribution >= 0.6 is 0 Å². The molecule has 0 aliphatic heterocycles. The molecular formula is C12H24N2O. The van der Waals surface area contributed by atoms with Crippen molar-refractivity contribution in [3.05, 3.63) is 0 Å². The summed E-state index contributed by atoms with van der Waals surface area (Å²) in [5.74, 6) is 0. The number of nitrogens with one attached hydrogen (secondary N) is 1. The molecule has 0 radical (unpaired) electrons. The standard InChI is InChI=1S/C12H24N2O/c15-10-9-14(12-5-2-6-12)8-7-13-11-3-1-4-11/h11-13,15H,1-10H2. The van der Waals surface area contributed by atoms with Crippen LogP contribution in [0.3, 0.4) is 0 Å². The Bertz CT molecular complexity index is 178. The van der Waals surface area contributed by atoms with Gasteiger partial charge in [0.15, 0.2) is 0 Å². The molecule has 0 heterocycles. The molecule has 0 amide bonds. The highest BCUT2D eigenvalue weighted by molar-refractivity contribution is 4.81. The zero-order chi connectivity index (χ0) is 10.5. The molecular weight excluding hydrogens is 188 g/mol. The minimum absolute atomic E-state index is 0.305. The summed E-state index contributed by atoms with van der Waals surface area (Å²) in [7, 11) is 0. The van der Waals surface area contributed by atoms with E-state index in [1.807, 2.05) is 0 Å². The van der Waals surface area contributed by atoms with Gasteiger partial charge in [0, 0.05) is 31.7 Å². The van der Waals surface area contributed by atoms with Crippen molar-refractivity contribution in [2.75, 3.05) is 26.2 Å². The lowest BCUT2D eigenvalue weighted by atomic mass is 9.91. The molecule has 0 aromatic heterocycles. The van der Waals surface area contributed by atoms with E-state index in [0.29, 0.717) is 6.61 Å². The Kier molecular flexibility index (Phi) is 4.42. The highest BCUT2D eigenvalue weighted by atomic mass is 16.3. The summed E-state index contributed by atoms with van der Waals surface area (Å²) in [4.78, 5) is 2.45. The zero-order valence-electron chi connectivity index (χ0n) is 9.62. The lowest BCUT2D eigenvalue weighted by molar-refractivity contribution is 0.100. The Morgan fingerprint density at radius 2 is 1.80 bits per heavy atom. The van der Waals surface area contributed by atoms with Crippen molar-refractivity contribution < 1.29 is 5.11 Å². The summed E-state index contributed by atoms with van der Waals surface area (Å²) in [6.45, 7) is 3.37. The first kappa shape index (κ1) is 11.4. The molecule has 0 aromatic rings. The molecule has 2 aliphatic carbocycles. The van der Waals surface area contributed by atoms with E-state index in [9.17, 15) is 0 Å². The van der Waals surface area contributed by atoms with Crippen molar-refractivity contribution in [1.29, 1.82) is 0 Å². The predicted octanol–water partition coefficient (Wildman–Crippen LogP) is 0.975. The third kappa shape index (κ3) is 3.16. The topological polar surface area (TPSA) is 35.5 Å². The monoisotopic (exact) mass is 212 g/mol. The van der Waals surface area contributed by atoms with Crippen LogP contribution < -0.4 is 5.32 Å². The number of hydrogen-bond acceptors (Lipinski definition) is 3. The second kappa shape index (κ2) is 5.83. The van der Waals surface area contributed by atoms with E-state index in [4.69, 9.17) is 5.11 Å². The molecule has 2 rings (SSSR count). The van der Waals surface area contributed by atoms with E-state index >= 15 is 0 Å². The van der Waals surface area contributed by atoms with Crippen LogP contribution in [0.25, 0.3) is 0 Å². The van der Waals surface area contributed by atoms with E-state index in [1.54, 1.807) is 0 Å². The Morgan fingerprint density at radius 1 is 1.07 bits per heavy atom. The molecule has 3 heteroatoms. The molecule has 0 aromatic carbocycles. The fourth-order valence-corrected chi connectivity index (χ4v) is 2.38. The van der Waals surface area contributed by atoms with Gasteiger partial charge in [0.1, 0.15) is 0 Å². The first-order valence-electron chi connectivity index (χ1n) is 6.48. The van der Waals surface area contributed by atoms with Gasteiger partial charge in [-0.1, -0.05) is 12.8 Å². The number of aliphatic hydroxyl groups excluding tert-OH is 1. The number of aliphatic hydroxyl groups is 1. The van der Waals surface area contributed by atoms with Crippen molar-refractivity contribution in [3.8, 4) is 0 Å². The summed E-state index contributed by atoms with van der Waals surface area (Å²) in [5, 5.41) is 12.6. The summed E-state index contributed by atoms with van der Waals surface area (Å²) in [5.41, 5.74) is 0. The molecule has 2 fully saturated rings. The van der Waals surface area contributed by atoms with E-state index in [2.05, 4.69) is 10.2 Å². The van der Waals surface area contributed by atoms with Gasteiger partial charge in [0.05, 0.1) is 6.61 Å². The molecule has 2 saturated carbocycles. The van der Waals surface area contributed by atoms with Gasteiger partial charge in [0.25, 0.3) is 0 Å². The molecule has 15 heavy (non-hydrogen) atoms. The summed E-state index contributed by atoms with van der Waals surface area (Å²) >= 11 is 0. The lowest BCUT2D eigenvalue weighted by Crippen LogP contribution is -2.47. The van der Waals surface area contributed by atoms with Crippen LogP contribution in [0.5, 0.6) is 0 Å². The van der Waals surface area contributed by atoms with E-state index in [-0.39, 0.29) is 0 Å². The van der Waals surface area contributed by atoms with Crippen molar-refractivity contribution in [1.82, 2.24) is 10.2 Å². The Morgan fingerprint density at radius 3 is 2.27 bits per heavy atom. The third-order valence-corrected chi connectivity index (χ3v) is 3.92. The van der Waals surface area contributed by atoms with E-state index in [1.165, 1.54) is 38.5 Å². The van der Waals surface area contributed by atoms with Crippen molar-refractivity contribution in [2.24, 2.45) is 0 Å². The second-order valence-electron chi connectivity index (χ2n) is 4.93. The van der Waals surface area contributed by atoms with E-state index < -0.39 is 0 Å². The Labute approximate surface area is 92.8 Å². The molecule has 2 aliphatic rings. The molecule has 88 valence electrons.